The monoisotopic (exact) mass is 403 g/mol. The fraction of sp³-hybridized carbons (Fsp3) is 0.350. The van der Waals surface area contributed by atoms with Gasteiger partial charge in [-0.3, -0.25) is 9.59 Å². The normalized spacial score (nSPS) is 15.2. The second-order valence-electron chi connectivity index (χ2n) is 6.45. The minimum absolute atomic E-state index is 0.216. The van der Waals surface area contributed by atoms with Gasteiger partial charge in [0.2, 0.25) is 0 Å². The van der Waals surface area contributed by atoms with E-state index in [1.165, 1.54) is 18.4 Å². The second kappa shape index (κ2) is 8.43. The van der Waals surface area contributed by atoms with Crippen LogP contribution in [0.5, 0.6) is 5.75 Å². The van der Waals surface area contributed by atoms with E-state index in [2.05, 4.69) is 5.32 Å². The van der Waals surface area contributed by atoms with Gasteiger partial charge in [-0.1, -0.05) is 18.2 Å². The average molecular weight is 403 g/mol. The zero-order valence-electron chi connectivity index (χ0n) is 15.9. The predicted octanol–water partition coefficient (Wildman–Crippen LogP) is 2.88. The highest BCUT2D eigenvalue weighted by molar-refractivity contribution is 7.16. The van der Waals surface area contributed by atoms with Gasteiger partial charge in [0.05, 0.1) is 18.6 Å². The zero-order valence-corrected chi connectivity index (χ0v) is 16.7. The highest BCUT2D eigenvalue weighted by Crippen LogP contribution is 2.33. The SMILES string of the molecule is COC(=O)c1c(NC(=O)COC(=O)C2COc3ccccc3C2)sc(C)c1C. The lowest BCUT2D eigenvalue weighted by Crippen LogP contribution is -2.32. The zero-order chi connectivity index (χ0) is 20.3. The number of rotatable bonds is 5. The number of esters is 2. The lowest BCUT2D eigenvalue weighted by molar-refractivity contribution is -0.152. The average Bonchev–Trinajstić information content (AvgIpc) is 2.98. The number of hydrogen-bond donors (Lipinski definition) is 1. The molecule has 1 aromatic carbocycles. The molecule has 3 rings (SSSR count). The summed E-state index contributed by atoms with van der Waals surface area (Å²) in [7, 11) is 1.28. The van der Waals surface area contributed by atoms with E-state index in [1.54, 1.807) is 6.92 Å². The van der Waals surface area contributed by atoms with E-state index in [1.807, 2.05) is 31.2 Å². The van der Waals surface area contributed by atoms with E-state index in [-0.39, 0.29) is 6.61 Å². The van der Waals surface area contributed by atoms with Gasteiger partial charge in [-0.25, -0.2) is 4.79 Å². The fourth-order valence-electron chi connectivity index (χ4n) is 2.96. The number of para-hydroxylation sites is 1. The molecule has 1 atom stereocenters. The van der Waals surface area contributed by atoms with Gasteiger partial charge < -0.3 is 19.5 Å². The molecule has 1 aromatic heterocycles. The van der Waals surface area contributed by atoms with Gasteiger partial charge in [0.25, 0.3) is 5.91 Å². The number of aryl methyl sites for hydroxylation is 1. The maximum absolute atomic E-state index is 12.3. The van der Waals surface area contributed by atoms with Crippen molar-refractivity contribution < 1.29 is 28.6 Å². The largest absolute Gasteiger partial charge is 0.492 e. The van der Waals surface area contributed by atoms with Crippen molar-refractivity contribution in [3.63, 3.8) is 0 Å². The quantitative estimate of drug-likeness (QED) is 0.772. The van der Waals surface area contributed by atoms with Crippen LogP contribution < -0.4 is 10.1 Å². The van der Waals surface area contributed by atoms with Crippen molar-refractivity contribution in [2.75, 3.05) is 25.6 Å². The second-order valence-corrected chi connectivity index (χ2v) is 7.68. The van der Waals surface area contributed by atoms with Crippen LogP contribution in [0.2, 0.25) is 0 Å². The number of ether oxygens (including phenoxy) is 3. The summed E-state index contributed by atoms with van der Waals surface area (Å²) < 4.78 is 15.5. The summed E-state index contributed by atoms with van der Waals surface area (Å²) in [5.41, 5.74) is 2.01. The topological polar surface area (TPSA) is 90.9 Å². The number of anilines is 1. The molecule has 148 valence electrons. The molecule has 0 saturated heterocycles. The smallest absolute Gasteiger partial charge is 0.341 e. The molecule has 0 saturated carbocycles. The van der Waals surface area contributed by atoms with E-state index in [9.17, 15) is 14.4 Å². The molecular weight excluding hydrogens is 382 g/mol. The molecule has 1 aliphatic rings. The van der Waals surface area contributed by atoms with Crippen LogP contribution in [0.25, 0.3) is 0 Å². The number of hydrogen-bond acceptors (Lipinski definition) is 7. The van der Waals surface area contributed by atoms with Crippen LogP contribution in [0.4, 0.5) is 5.00 Å². The molecule has 2 aromatic rings. The Balaban J connectivity index is 1.57. The fourth-order valence-corrected chi connectivity index (χ4v) is 4.02. The number of amides is 1. The molecule has 1 aliphatic heterocycles. The summed E-state index contributed by atoms with van der Waals surface area (Å²) in [4.78, 5) is 37.4. The van der Waals surface area contributed by atoms with Gasteiger partial charge in [-0.05, 0) is 37.5 Å². The highest BCUT2D eigenvalue weighted by Gasteiger charge is 2.28. The summed E-state index contributed by atoms with van der Waals surface area (Å²) in [5.74, 6) is -1.22. The summed E-state index contributed by atoms with van der Waals surface area (Å²) in [6.45, 7) is 3.42. The number of nitrogens with one attached hydrogen (secondary N) is 1. The van der Waals surface area contributed by atoms with Crippen molar-refractivity contribution in [2.24, 2.45) is 5.92 Å². The minimum Gasteiger partial charge on any atom is -0.492 e. The third-order valence-corrected chi connectivity index (χ3v) is 5.71. The van der Waals surface area contributed by atoms with Gasteiger partial charge in [0, 0.05) is 4.88 Å². The van der Waals surface area contributed by atoms with Crippen LogP contribution in [-0.4, -0.2) is 38.2 Å². The van der Waals surface area contributed by atoms with E-state index in [4.69, 9.17) is 14.2 Å². The van der Waals surface area contributed by atoms with Crippen LogP contribution in [-0.2, 0) is 25.5 Å². The number of thiophene rings is 1. The Labute approximate surface area is 166 Å². The number of benzene rings is 1. The predicted molar refractivity (Wildman–Crippen MR) is 104 cm³/mol. The standard InChI is InChI=1S/C20H21NO6S/c1-11-12(2)28-18(17(11)20(24)25-3)21-16(22)10-27-19(23)14-8-13-6-4-5-7-15(13)26-9-14/h4-7,14H,8-10H2,1-3H3,(H,21,22). The van der Waals surface area contributed by atoms with Gasteiger partial charge in [-0.15, -0.1) is 11.3 Å². The molecule has 28 heavy (non-hydrogen) atoms. The molecule has 1 unspecified atom stereocenters. The first-order valence-corrected chi connectivity index (χ1v) is 9.57. The van der Waals surface area contributed by atoms with Gasteiger partial charge in [-0.2, -0.15) is 0 Å². The van der Waals surface area contributed by atoms with Crippen molar-refractivity contribution in [2.45, 2.75) is 20.3 Å². The number of carbonyl (C=O) groups is 3. The molecule has 0 aliphatic carbocycles. The molecule has 2 heterocycles. The third kappa shape index (κ3) is 4.17. The van der Waals surface area contributed by atoms with Crippen LogP contribution in [0, 0.1) is 19.8 Å². The Morgan fingerprint density at radius 2 is 2.00 bits per heavy atom. The van der Waals surface area contributed by atoms with Gasteiger partial charge in [0.15, 0.2) is 6.61 Å². The molecule has 0 fully saturated rings. The maximum Gasteiger partial charge on any atom is 0.341 e. The van der Waals surface area contributed by atoms with E-state index >= 15 is 0 Å². The molecule has 1 N–H and O–H groups in total. The number of carbonyl (C=O) groups excluding carboxylic acids is 3. The van der Waals surface area contributed by atoms with Crippen molar-refractivity contribution in [3.8, 4) is 5.75 Å². The maximum atomic E-state index is 12.3. The first-order chi connectivity index (χ1) is 13.4. The van der Waals surface area contributed by atoms with Crippen molar-refractivity contribution in [1.29, 1.82) is 0 Å². The Bertz CT molecular complexity index is 919. The van der Waals surface area contributed by atoms with Crippen molar-refractivity contribution in [3.05, 3.63) is 45.8 Å². The van der Waals surface area contributed by atoms with Gasteiger partial charge in [0.1, 0.15) is 17.4 Å². The minimum atomic E-state index is -0.521. The van der Waals surface area contributed by atoms with Crippen molar-refractivity contribution in [1.82, 2.24) is 0 Å². The number of methoxy groups -OCH3 is 1. The highest BCUT2D eigenvalue weighted by atomic mass is 32.1. The van der Waals surface area contributed by atoms with E-state index in [0.717, 1.165) is 21.8 Å². The molecule has 7 nitrogen and oxygen atoms in total. The molecular formula is C20H21NO6S. The Hall–Kier alpha value is -2.87. The lowest BCUT2D eigenvalue weighted by atomic mass is 9.97. The van der Waals surface area contributed by atoms with Crippen molar-refractivity contribution >= 4 is 34.2 Å². The Kier molecular flexibility index (Phi) is 5.99. The molecule has 1 amide bonds. The van der Waals surface area contributed by atoms with Crippen LogP contribution in [0.1, 0.15) is 26.4 Å². The molecule has 0 radical (unpaired) electrons. The Morgan fingerprint density at radius 1 is 1.25 bits per heavy atom. The van der Waals surface area contributed by atoms with Crippen LogP contribution >= 0.6 is 11.3 Å². The third-order valence-electron chi connectivity index (χ3n) is 4.59. The lowest BCUT2D eigenvalue weighted by Gasteiger charge is -2.23. The van der Waals surface area contributed by atoms with E-state index < -0.39 is 30.4 Å². The van der Waals surface area contributed by atoms with Gasteiger partial charge >= 0.3 is 11.9 Å². The summed E-state index contributed by atoms with van der Waals surface area (Å²) in [6.07, 6.45) is 0.506. The first-order valence-electron chi connectivity index (χ1n) is 8.76. The first kappa shape index (κ1) is 19.9. The van der Waals surface area contributed by atoms with E-state index in [0.29, 0.717) is 17.0 Å². The van der Waals surface area contributed by atoms with Crippen LogP contribution in [0.3, 0.4) is 0 Å². The summed E-state index contributed by atoms with van der Waals surface area (Å²) in [6, 6.07) is 7.51. The molecule has 0 bridgehead atoms. The van der Waals surface area contributed by atoms with Crippen LogP contribution in [0.15, 0.2) is 24.3 Å². The Morgan fingerprint density at radius 3 is 2.75 bits per heavy atom. The molecule has 0 spiro atoms. The summed E-state index contributed by atoms with van der Waals surface area (Å²) >= 11 is 1.27. The summed E-state index contributed by atoms with van der Waals surface area (Å²) in [5, 5.41) is 3.02. The number of fused-ring (bicyclic) bond motifs is 1. The molecule has 8 heteroatoms.